The van der Waals surface area contributed by atoms with E-state index in [0.717, 1.165) is 5.69 Å². The summed E-state index contributed by atoms with van der Waals surface area (Å²) >= 11 is 0. The molecule has 0 saturated heterocycles. The summed E-state index contributed by atoms with van der Waals surface area (Å²) in [6.45, 7) is 0. The highest BCUT2D eigenvalue weighted by Crippen LogP contribution is 2.38. The van der Waals surface area contributed by atoms with Gasteiger partial charge in [0.15, 0.2) is 0 Å². The fourth-order valence-electron chi connectivity index (χ4n) is 5.74. The molecule has 35 heavy (non-hydrogen) atoms. The first kappa shape index (κ1) is 18.6. The SMILES string of the molecule is c1ccc(-n2c3ccccc3c3cc4c(cc32)n(-c2ccccc2)c2cc3ccccc3n42)cc1. The number of hydrogen-bond acceptors (Lipinski definition) is 0. The number of rotatable bonds is 2. The molecule has 164 valence electrons. The molecule has 0 aliphatic heterocycles. The van der Waals surface area contributed by atoms with Gasteiger partial charge in [0, 0.05) is 27.5 Å². The Hall–Kier alpha value is -4.76. The van der Waals surface area contributed by atoms with Crippen LogP contribution in [0.15, 0.2) is 127 Å². The van der Waals surface area contributed by atoms with Crippen molar-refractivity contribution in [3.8, 4) is 11.4 Å². The minimum Gasteiger partial charge on any atom is -0.309 e. The molecule has 8 rings (SSSR count). The zero-order valence-corrected chi connectivity index (χ0v) is 19.0. The molecule has 0 amide bonds. The first-order valence-corrected chi connectivity index (χ1v) is 12.0. The van der Waals surface area contributed by atoms with Crippen LogP contribution < -0.4 is 0 Å². The summed E-state index contributed by atoms with van der Waals surface area (Å²) in [4.78, 5) is 0. The number of hydrogen-bond donors (Lipinski definition) is 0. The van der Waals surface area contributed by atoms with Crippen molar-refractivity contribution in [2.24, 2.45) is 0 Å². The lowest BCUT2D eigenvalue weighted by Gasteiger charge is -2.09. The summed E-state index contributed by atoms with van der Waals surface area (Å²) in [5.41, 5.74) is 9.60. The van der Waals surface area contributed by atoms with Crippen molar-refractivity contribution in [3.63, 3.8) is 0 Å². The monoisotopic (exact) mass is 447 g/mol. The Labute approximate surface area is 201 Å². The van der Waals surface area contributed by atoms with Gasteiger partial charge < -0.3 is 4.57 Å². The minimum absolute atomic E-state index is 1.16. The van der Waals surface area contributed by atoms with E-state index in [9.17, 15) is 0 Å². The van der Waals surface area contributed by atoms with Crippen LogP contribution in [0.1, 0.15) is 0 Å². The second kappa shape index (κ2) is 6.87. The van der Waals surface area contributed by atoms with Crippen molar-refractivity contribution in [2.45, 2.75) is 0 Å². The lowest BCUT2D eigenvalue weighted by molar-refractivity contribution is 1.14. The van der Waals surface area contributed by atoms with Crippen LogP contribution in [0.2, 0.25) is 0 Å². The van der Waals surface area contributed by atoms with Gasteiger partial charge in [0.2, 0.25) is 0 Å². The van der Waals surface area contributed by atoms with Crippen LogP contribution in [0, 0.1) is 0 Å². The number of fused-ring (bicyclic) bond motifs is 8. The van der Waals surface area contributed by atoms with E-state index in [-0.39, 0.29) is 0 Å². The molecule has 3 aromatic heterocycles. The Morgan fingerprint density at radius 1 is 0.371 bits per heavy atom. The summed E-state index contributed by atoms with van der Waals surface area (Å²) in [5, 5.41) is 3.79. The van der Waals surface area contributed by atoms with Gasteiger partial charge in [-0.15, -0.1) is 0 Å². The van der Waals surface area contributed by atoms with Crippen molar-refractivity contribution < 1.29 is 0 Å². The van der Waals surface area contributed by atoms with Crippen LogP contribution in [-0.4, -0.2) is 13.5 Å². The quantitative estimate of drug-likeness (QED) is 0.254. The predicted molar refractivity (Wildman–Crippen MR) is 146 cm³/mol. The number of para-hydroxylation sites is 4. The molecule has 3 heteroatoms. The molecular weight excluding hydrogens is 426 g/mol. The number of benzene rings is 5. The summed E-state index contributed by atoms with van der Waals surface area (Å²) in [5.74, 6) is 0. The predicted octanol–water partition coefficient (Wildman–Crippen LogP) is 8.13. The van der Waals surface area contributed by atoms with Gasteiger partial charge in [0.1, 0.15) is 5.65 Å². The zero-order chi connectivity index (χ0) is 22.9. The molecule has 8 aromatic rings. The van der Waals surface area contributed by atoms with Crippen LogP contribution in [0.3, 0.4) is 0 Å². The highest BCUT2D eigenvalue weighted by Gasteiger charge is 2.19. The van der Waals surface area contributed by atoms with Crippen molar-refractivity contribution >= 4 is 49.4 Å². The Kier molecular flexibility index (Phi) is 3.66. The molecule has 0 atom stereocenters. The maximum Gasteiger partial charge on any atom is 0.123 e. The Balaban J connectivity index is 1.62. The highest BCUT2D eigenvalue weighted by atomic mass is 15.1. The number of nitrogens with zero attached hydrogens (tertiary/aromatic N) is 3. The zero-order valence-electron chi connectivity index (χ0n) is 19.0. The van der Waals surface area contributed by atoms with Gasteiger partial charge in [-0.05, 0) is 54.6 Å². The molecule has 0 fully saturated rings. The van der Waals surface area contributed by atoms with Crippen molar-refractivity contribution in [3.05, 3.63) is 127 Å². The largest absolute Gasteiger partial charge is 0.309 e. The third-order valence-corrected chi connectivity index (χ3v) is 7.20. The lowest BCUT2D eigenvalue weighted by atomic mass is 10.1. The van der Waals surface area contributed by atoms with Gasteiger partial charge in [0.25, 0.3) is 0 Å². The molecule has 0 aliphatic carbocycles. The van der Waals surface area contributed by atoms with E-state index in [1.165, 1.54) is 55.1 Å². The van der Waals surface area contributed by atoms with E-state index in [0.29, 0.717) is 0 Å². The lowest BCUT2D eigenvalue weighted by Crippen LogP contribution is -1.95. The summed E-state index contributed by atoms with van der Waals surface area (Å²) in [7, 11) is 0. The third kappa shape index (κ3) is 2.50. The van der Waals surface area contributed by atoms with E-state index in [1.54, 1.807) is 0 Å². The fraction of sp³-hybridized carbons (Fsp3) is 0. The topological polar surface area (TPSA) is 14.3 Å². The van der Waals surface area contributed by atoms with E-state index >= 15 is 0 Å². The number of imidazole rings is 1. The summed E-state index contributed by atoms with van der Waals surface area (Å²) in [6.07, 6.45) is 0. The van der Waals surface area contributed by atoms with Crippen LogP contribution in [0.4, 0.5) is 0 Å². The second-order valence-corrected chi connectivity index (χ2v) is 9.11. The molecule has 3 nitrogen and oxygen atoms in total. The van der Waals surface area contributed by atoms with Crippen LogP contribution in [0.25, 0.3) is 60.8 Å². The molecule has 0 spiro atoms. The van der Waals surface area contributed by atoms with Gasteiger partial charge in [-0.2, -0.15) is 0 Å². The molecule has 0 bridgehead atoms. The average Bonchev–Trinajstić information content (AvgIpc) is 3.55. The molecular formula is C32H21N3. The molecule has 0 N–H and O–H groups in total. The standard InChI is InChI=1S/C32H21N3/c1-3-12-23(13-4-1)33-28-18-10-8-16-25(28)26-20-30-31(21-29(26)33)34(24-14-5-2-6-15-24)32-19-22-11-7-9-17-27(22)35(30)32/h1-21H. The van der Waals surface area contributed by atoms with Gasteiger partial charge >= 0.3 is 0 Å². The van der Waals surface area contributed by atoms with E-state index < -0.39 is 0 Å². The van der Waals surface area contributed by atoms with E-state index in [2.05, 4.69) is 141 Å². The van der Waals surface area contributed by atoms with Gasteiger partial charge in [0.05, 0.1) is 27.6 Å². The summed E-state index contributed by atoms with van der Waals surface area (Å²) < 4.78 is 7.19. The maximum atomic E-state index is 2.41. The molecule has 5 aromatic carbocycles. The molecule has 0 radical (unpaired) electrons. The molecule has 0 saturated carbocycles. The Bertz CT molecular complexity index is 2040. The smallest absolute Gasteiger partial charge is 0.123 e. The second-order valence-electron chi connectivity index (χ2n) is 9.11. The van der Waals surface area contributed by atoms with Gasteiger partial charge in [-0.1, -0.05) is 72.8 Å². The maximum absolute atomic E-state index is 2.41. The first-order valence-electron chi connectivity index (χ1n) is 12.0. The molecule has 3 heterocycles. The Morgan fingerprint density at radius 2 is 1.00 bits per heavy atom. The Morgan fingerprint density at radius 3 is 1.77 bits per heavy atom. The van der Waals surface area contributed by atoms with E-state index in [1.807, 2.05) is 0 Å². The van der Waals surface area contributed by atoms with Gasteiger partial charge in [-0.3, -0.25) is 8.97 Å². The first-order chi connectivity index (χ1) is 17.4. The number of aromatic nitrogens is 3. The molecule has 0 unspecified atom stereocenters. The van der Waals surface area contributed by atoms with Crippen LogP contribution in [0.5, 0.6) is 0 Å². The van der Waals surface area contributed by atoms with E-state index in [4.69, 9.17) is 0 Å². The molecule has 0 aliphatic rings. The van der Waals surface area contributed by atoms with Crippen LogP contribution >= 0.6 is 0 Å². The third-order valence-electron chi connectivity index (χ3n) is 7.20. The van der Waals surface area contributed by atoms with Crippen molar-refractivity contribution in [1.82, 2.24) is 13.5 Å². The highest BCUT2D eigenvalue weighted by molar-refractivity contribution is 6.14. The van der Waals surface area contributed by atoms with Gasteiger partial charge in [-0.25, -0.2) is 0 Å². The average molecular weight is 448 g/mol. The minimum atomic E-state index is 1.16. The fourth-order valence-corrected chi connectivity index (χ4v) is 5.74. The normalized spacial score (nSPS) is 12.0. The van der Waals surface area contributed by atoms with Crippen molar-refractivity contribution in [1.29, 1.82) is 0 Å². The summed E-state index contributed by atoms with van der Waals surface area (Å²) in [6, 6.07) is 45.8. The van der Waals surface area contributed by atoms with Crippen molar-refractivity contribution in [2.75, 3.05) is 0 Å². The van der Waals surface area contributed by atoms with Crippen LogP contribution in [-0.2, 0) is 0 Å².